The van der Waals surface area contributed by atoms with Crippen LogP contribution in [0.3, 0.4) is 0 Å². The highest BCUT2D eigenvalue weighted by atomic mass is 15.5. The van der Waals surface area contributed by atoms with Crippen LogP contribution in [0.2, 0.25) is 0 Å². The van der Waals surface area contributed by atoms with Crippen LogP contribution in [0.1, 0.15) is 32.2 Å². The Hall–Kier alpha value is -1.71. The SMILES string of the molecule is CC(C)(C)Cn1nnnc1Cc1ccccc1. The average molecular weight is 230 g/mol. The fraction of sp³-hybridized carbons (Fsp3) is 0.462. The largest absolute Gasteiger partial charge is 0.229 e. The first-order chi connectivity index (χ1) is 8.04. The molecule has 4 heteroatoms. The third-order valence-electron chi connectivity index (χ3n) is 2.44. The minimum atomic E-state index is 0.181. The summed E-state index contributed by atoms with van der Waals surface area (Å²) in [5.41, 5.74) is 1.42. The monoisotopic (exact) mass is 230 g/mol. The van der Waals surface area contributed by atoms with Gasteiger partial charge in [-0.3, -0.25) is 0 Å². The molecule has 0 N–H and O–H groups in total. The molecule has 90 valence electrons. The summed E-state index contributed by atoms with van der Waals surface area (Å²) in [4.78, 5) is 0. The third kappa shape index (κ3) is 3.37. The highest BCUT2D eigenvalue weighted by Gasteiger charge is 2.15. The molecule has 0 aliphatic heterocycles. The van der Waals surface area contributed by atoms with Gasteiger partial charge in [-0.15, -0.1) is 5.10 Å². The molecule has 1 heterocycles. The van der Waals surface area contributed by atoms with E-state index in [-0.39, 0.29) is 5.41 Å². The van der Waals surface area contributed by atoms with Gasteiger partial charge >= 0.3 is 0 Å². The molecule has 0 saturated heterocycles. The Balaban J connectivity index is 2.15. The quantitative estimate of drug-likeness (QED) is 0.812. The summed E-state index contributed by atoms with van der Waals surface area (Å²) >= 11 is 0. The van der Waals surface area contributed by atoms with Gasteiger partial charge in [0.1, 0.15) is 0 Å². The zero-order valence-corrected chi connectivity index (χ0v) is 10.6. The zero-order chi connectivity index (χ0) is 12.3. The van der Waals surface area contributed by atoms with Crippen molar-refractivity contribution in [1.29, 1.82) is 0 Å². The molecule has 0 radical (unpaired) electrons. The lowest BCUT2D eigenvalue weighted by Gasteiger charge is -2.18. The molecule has 0 atom stereocenters. The number of hydrogen-bond donors (Lipinski definition) is 0. The summed E-state index contributed by atoms with van der Waals surface area (Å²) < 4.78 is 1.90. The topological polar surface area (TPSA) is 43.6 Å². The molecule has 0 unspecified atom stereocenters. The number of hydrogen-bond acceptors (Lipinski definition) is 3. The number of tetrazole rings is 1. The van der Waals surface area contributed by atoms with Gasteiger partial charge in [-0.1, -0.05) is 51.1 Å². The first-order valence-electron chi connectivity index (χ1n) is 5.83. The predicted octanol–water partition coefficient (Wildman–Crippen LogP) is 2.31. The maximum absolute atomic E-state index is 4.10. The summed E-state index contributed by atoms with van der Waals surface area (Å²) in [5, 5.41) is 11.9. The van der Waals surface area contributed by atoms with Crippen LogP contribution in [-0.4, -0.2) is 20.2 Å². The van der Waals surface area contributed by atoms with Crippen LogP contribution in [0.25, 0.3) is 0 Å². The van der Waals surface area contributed by atoms with Crippen LogP contribution in [0, 0.1) is 5.41 Å². The Morgan fingerprint density at radius 2 is 1.82 bits per heavy atom. The second-order valence-corrected chi connectivity index (χ2v) is 5.48. The average Bonchev–Trinajstić information content (AvgIpc) is 2.65. The molecule has 1 aromatic carbocycles. The minimum absolute atomic E-state index is 0.181. The van der Waals surface area contributed by atoms with Gasteiger partial charge in [-0.2, -0.15) is 0 Å². The van der Waals surface area contributed by atoms with Crippen molar-refractivity contribution in [3.63, 3.8) is 0 Å². The van der Waals surface area contributed by atoms with Crippen LogP contribution in [0.5, 0.6) is 0 Å². The van der Waals surface area contributed by atoms with Gasteiger partial charge in [0.15, 0.2) is 5.82 Å². The molecule has 0 bridgehead atoms. The second kappa shape index (κ2) is 4.65. The van der Waals surface area contributed by atoms with E-state index in [1.807, 2.05) is 22.9 Å². The molecule has 0 aliphatic carbocycles. The molecule has 2 aromatic rings. The smallest absolute Gasteiger partial charge is 0.155 e. The number of aromatic nitrogens is 4. The van der Waals surface area contributed by atoms with Crippen LogP contribution in [0.4, 0.5) is 0 Å². The molecule has 0 aliphatic rings. The second-order valence-electron chi connectivity index (χ2n) is 5.48. The van der Waals surface area contributed by atoms with Gasteiger partial charge < -0.3 is 0 Å². The molecular formula is C13H18N4. The lowest BCUT2D eigenvalue weighted by atomic mass is 9.97. The molecular weight excluding hydrogens is 212 g/mol. The fourth-order valence-corrected chi connectivity index (χ4v) is 1.70. The van der Waals surface area contributed by atoms with E-state index in [1.165, 1.54) is 5.56 Å². The van der Waals surface area contributed by atoms with Gasteiger partial charge in [0.2, 0.25) is 0 Å². The minimum Gasteiger partial charge on any atom is -0.229 e. The molecule has 0 spiro atoms. The van der Waals surface area contributed by atoms with Crippen molar-refractivity contribution in [2.45, 2.75) is 33.7 Å². The summed E-state index contributed by atoms with van der Waals surface area (Å²) in [7, 11) is 0. The fourth-order valence-electron chi connectivity index (χ4n) is 1.70. The van der Waals surface area contributed by atoms with Crippen molar-refractivity contribution in [1.82, 2.24) is 20.2 Å². The maximum Gasteiger partial charge on any atom is 0.155 e. The van der Waals surface area contributed by atoms with Crippen molar-refractivity contribution in [3.8, 4) is 0 Å². The molecule has 0 amide bonds. The van der Waals surface area contributed by atoms with Crippen LogP contribution >= 0.6 is 0 Å². The maximum atomic E-state index is 4.10. The molecule has 0 saturated carbocycles. The Morgan fingerprint density at radius 1 is 1.12 bits per heavy atom. The van der Waals surface area contributed by atoms with Gasteiger partial charge in [0.25, 0.3) is 0 Å². The van der Waals surface area contributed by atoms with E-state index >= 15 is 0 Å². The van der Waals surface area contributed by atoms with E-state index < -0.39 is 0 Å². The van der Waals surface area contributed by atoms with E-state index in [4.69, 9.17) is 0 Å². The van der Waals surface area contributed by atoms with Crippen LogP contribution < -0.4 is 0 Å². The number of rotatable bonds is 3. The van der Waals surface area contributed by atoms with Crippen molar-refractivity contribution < 1.29 is 0 Å². The van der Waals surface area contributed by atoms with E-state index in [1.54, 1.807) is 0 Å². The van der Waals surface area contributed by atoms with Crippen molar-refractivity contribution in [2.75, 3.05) is 0 Å². The summed E-state index contributed by atoms with van der Waals surface area (Å²) in [6, 6.07) is 10.3. The van der Waals surface area contributed by atoms with Crippen molar-refractivity contribution in [2.24, 2.45) is 5.41 Å². The standard InChI is InChI=1S/C13H18N4/c1-13(2,3)10-17-12(14-15-16-17)9-11-7-5-4-6-8-11/h4-8H,9-10H2,1-3H3. The first kappa shape index (κ1) is 11.8. The van der Waals surface area contributed by atoms with Gasteiger partial charge in [-0.05, 0) is 21.4 Å². The van der Waals surface area contributed by atoms with Crippen LogP contribution in [0.15, 0.2) is 30.3 Å². The lowest BCUT2D eigenvalue weighted by molar-refractivity contribution is 0.316. The van der Waals surface area contributed by atoms with Crippen molar-refractivity contribution >= 4 is 0 Å². The summed E-state index contributed by atoms with van der Waals surface area (Å²) in [6.45, 7) is 7.38. The van der Waals surface area contributed by atoms with Gasteiger partial charge in [0, 0.05) is 13.0 Å². The molecule has 2 rings (SSSR count). The van der Waals surface area contributed by atoms with E-state index in [9.17, 15) is 0 Å². The zero-order valence-electron chi connectivity index (χ0n) is 10.6. The number of nitrogens with zero attached hydrogens (tertiary/aromatic N) is 4. The van der Waals surface area contributed by atoms with Crippen molar-refractivity contribution in [3.05, 3.63) is 41.7 Å². The first-order valence-corrected chi connectivity index (χ1v) is 5.83. The highest BCUT2D eigenvalue weighted by molar-refractivity contribution is 5.18. The van der Waals surface area contributed by atoms with Gasteiger partial charge in [-0.25, -0.2) is 4.68 Å². The Labute approximate surface area is 102 Å². The van der Waals surface area contributed by atoms with E-state index in [0.29, 0.717) is 0 Å². The molecule has 17 heavy (non-hydrogen) atoms. The van der Waals surface area contributed by atoms with Gasteiger partial charge in [0.05, 0.1) is 0 Å². The Kier molecular flexibility index (Phi) is 3.22. The molecule has 1 aromatic heterocycles. The third-order valence-corrected chi connectivity index (χ3v) is 2.44. The number of benzene rings is 1. The lowest BCUT2D eigenvalue weighted by Crippen LogP contribution is -2.19. The van der Waals surface area contributed by atoms with Crippen LogP contribution in [-0.2, 0) is 13.0 Å². The highest BCUT2D eigenvalue weighted by Crippen LogP contribution is 2.16. The predicted molar refractivity (Wildman–Crippen MR) is 66.5 cm³/mol. The Morgan fingerprint density at radius 3 is 2.47 bits per heavy atom. The molecule has 4 nitrogen and oxygen atoms in total. The van der Waals surface area contributed by atoms with E-state index in [2.05, 4.69) is 48.4 Å². The summed E-state index contributed by atoms with van der Waals surface area (Å²) in [6.07, 6.45) is 0.782. The summed E-state index contributed by atoms with van der Waals surface area (Å²) in [5.74, 6) is 0.922. The van der Waals surface area contributed by atoms with E-state index in [0.717, 1.165) is 18.8 Å². The Bertz CT molecular complexity index is 468. The normalized spacial score (nSPS) is 11.7. The molecule has 0 fully saturated rings.